The van der Waals surface area contributed by atoms with Gasteiger partial charge in [-0.25, -0.2) is 28.3 Å². The van der Waals surface area contributed by atoms with Crippen LogP contribution in [0.1, 0.15) is 112 Å². The number of hydrogen-bond acceptors (Lipinski definition) is 8. The molecule has 16 heteroatoms. The van der Waals surface area contributed by atoms with Gasteiger partial charge in [-0.1, -0.05) is 53.4 Å². The van der Waals surface area contributed by atoms with Crippen molar-refractivity contribution in [1.29, 1.82) is 0 Å². The Balaban J connectivity index is 1.33. The van der Waals surface area contributed by atoms with Crippen molar-refractivity contribution in [3.63, 3.8) is 0 Å². The number of methoxy groups -OCH3 is 2. The van der Waals surface area contributed by atoms with Crippen LogP contribution >= 0.6 is 0 Å². The Hall–Kier alpha value is -5.90. The lowest BCUT2D eigenvalue weighted by molar-refractivity contribution is -0.136. The zero-order valence-corrected chi connectivity index (χ0v) is 34.6. The molecule has 0 radical (unpaired) electrons. The molecule has 0 spiro atoms. The fourth-order valence-corrected chi connectivity index (χ4v) is 7.38. The number of carbonyl (C=O) groups excluding carboxylic acids is 4. The van der Waals surface area contributed by atoms with Crippen molar-refractivity contribution in [1.82, 2.24) is 40.4 Å². The van der Waals surface area contributed by atoms with Gasteiger partial charge in [0.25, 0.3) is 0 Å². The lowest BCUT2D eigenvalue weighted by atomic mass is 10.0. The SMILES string of the molecule is COC(=O)N[C@H](C(=O)N1C[C@@H](C)C[C@H]1c1nc(C)c(C#Cc2cc(F)c(C#Cc3[nH]c([C@@H]4C[C@H](C)CN4C(=O)[C@@H](NC(=O)OC)C(C)C)nc3C)cc2F)[nH]1)C(C)C. The van der Waals surface area contributed by atoms with E-state index in [1.54, 1.807) is 23.6 Å². The van der Waals surface area contributed by atoms with Gasteiger partial charge < -0.3 is 39.9 Å². The monoisotopic (exact) mass is 802 g/mol. The summed E-state index contributed by atoms with van der Waals surface area (Å²) < 4.78 is 40.2. The minimum absolute atomic E-state index is 0.163. The highest BCUT2D eigenvalue weighted by Gasteiger charge is 2.42. The summed E-state index contributed by atoms with van der Waals surface area (Å²) in [5.41, 5.74) is 1.47. The Morgan fingerprint density at radius 1 is 0.707 bits per heavy atom. The number of aryl methyl sites for hydroxylation is 2. The van der Waals surface area contributed by atoms with Crippen molar-refractivity contribution in [3.05, 3.63) is 69.3 Å². The van der Waals surface area contributed by atoms with E-state index < -0.39 is 48.0 Å². The molecule has 1 aromatic carbocycles. The molecule has 4 amide bonds. The third-order valence-corrected chi connectivity index (χ3v) is 10.5. The van der Waals surface area contributed by atoms with Gasteiger partial charge in [-0.3, -0.25) is 9.59 Å². The van der Waals surface area contributed by atoms with Crippen LogP contribution in [0.4, 0.5) is 18.4 Å². The molecule has 310 valence electrons. The molecule has 0 aliphatic carbocycles. The minimum atomic E-state index is -0.798. The second-order valence-corrected chi connectivity index (χ2v) is 15.9. The van der Waals surface area contributed by atoms with E-state index >= 15 is 8.78 Å². The second kappa shape index (κ2) is 18.1. The van der Waals surface area contributed by atoms with Gasteiger partial charge in [0.15, 0.2) is 0 Å². The number of imidazole rings is 2. The summed E-state index contributed by atoms with van der Waals surface area (Å²) in [6.07, 6.45) is -0.136. The van der Waals surface area contributed by atoms with Gasteiger partial charge in [0.2, 0.25) is 11.8 Å². The number of halogens is 2. The molecular weight excluding hydrogens is 751 g/mol. The van der Waals surface area contributed by atoms with Crippen molar-refractivity contribution in [2.75, 3.05) is 27.3 Å². The second-order valence-electron chi connectivity index (χ2n) is 15.9. The van der Waals surface area contributed by atoms with Crippen molar-refractivity contribution in [2.45, 2.75) is 92.4 Å². The highest BCUT2D eigenvalue weighted by Crippen LogP contribution is 2.36. The molecule has 6 atom stereocenters. The van der Waals surface area contributed by atoms with E-state index in [1.165, 1.54) is 14.2 Å². The number of nitrogens with one attached hydrogen (secondary N) is 4. The first-order chi connectivity index (χ1) is 27.4. The largest absolute Gasteiger partial charge is 0.453 e. The first-order valence-corrected chi connectivity index (χ1v) is 19.4. The van der Waals surface area contributed by atoms with Gasteiger partial charge in [0.1, 0.15) is 46.8 Å². The predicted octanol–water partition coefficient (Wildman–Crippen LogP) is 5.41. The number of aromatic amines is 2. The predicted molar refractivity (Wildman–Crippen MR) is 210 cm³/mol. The molecule has 0 bridgehead atoms. The summed E-state index contributed by atoms with van der Waals surface area (Å²) in [5, 5.41) is 5.27. The maximum absolute atomic E-state index is 15.4. The summed E-state index contributed by atoms with van der Waals surface area (Å²) in [6, 6.07) is -0.438. The van der Waals surface area contributed by atoms with Crippen LogP contribution in [-0.4, -0.2) is 93.1 Å². The molecule has 0 unspecified atom stereocenters. The average molecular weight is 803 g/mol. The fourth-order valence-electron chi connectivity index (χ4n) is 7.38. The van der Waals surface area contributed by atoms with Crippen LogP contribution in [0.25, 0.3) is 0 Å². The Morgan fingerprint density at radius 2 is 1.07 bits per heavy atom. The van der Waals surface area contributed by atoms with E-state index in [4.69, 9.17) is 9.47 Å². The quantitative estimate of drug-likeness (QED) is 0.219. The van der Waals surface area contributed by atoms with Crippen molar-refractivity contribution in [3.8, 4) is 23.7 Å². The molecule has 2 aromatic heterocycles. The Bertz CT molecular complexity index is 2020. The zero-order chi connectivity index (χ0) is 42.6. The molecule has 2 fully saturated rings. The van der Waals surface area contributed by atoms with Crippen LogP contribution in [0.5, 0.6) is 0 Å². The lowest BCUT2D eigenvalue weighted by Crippen LogP contribution is -2.51. The molecule has 4 heterocycles. The van der Waals surface area contributed by atoms with E-state index in [2.05, 4.69) is 54.3 Å². The molecule has 4 N–H and O–H groups in total. The Kier molecular flexibility index (Phi) is 13.5. The number of aromatic nitrogens is 4. The van der Waals surface area contributed by atoms with Crippen LogP contribution in [0, 0.1) is 72.8 Å². The number of amides is 4. The molecule has 58 heavy (non-hydrogen) atoms. The molecule has 2 aliphatic rings. The van der Waals surface area contributed by atoms with Crippen LogP contribution in [0.15, 0.2) is 12.1 Å². The lowest BCUT2D eigenvalue weighted by Gasteiger charge is -2.30. The van der Waals surface area contributed by atoms with E-state index in [9.17, 15) is 19.2 Å². The minimum Gasteiger partial charge on any atom is -0.453 e. The van der Waals surface area contributed by atoms with E-state index in [-0.39, 0.29) is 46.6 Å². The van der Waals surface area contributed by atoms with Crippen LogP contribution < -0.4 is 10.6 Å². The molecule has 5 rings (SSSR count). The Morgan fingerprint density at radius 3 is 1.40 bits per heavy atom. The molecule has 2 saturated heterocycles. The first kappa shape index (κ1) is 43.2. The molecule has 2 aliphatic heterocycles. The Labute approximate surface area is 337 Å². The van der Waals surface area contributed by atoms with Crippen LogP contribution in [0.2, 0.25) is 0 Å². The number of carbonyl (C=O) groups is 4. The molecule has 0 saturated carbocycles. The number of rotatable bonds is 8. The third kappa shape index (κ3) is 9.61. The number of ether oxygens (including phenoxy) is 2. The van der Waals surface area contributed by atoms with Gasteiger partial charge in [0.05, 0.1) is 48.8 Å². The average Bonchev–Trinajstić information content (AvgIpc) is 3.96. The number of H-pyrrole nitrogens is 2. The third-order valence-electron chi connectivity index (χ3n) is 10.5. The molecule has 3 aromatic rings. The first-order valence-electron chi connectivity index (χ1n) is 19.4. The normalized spacial score (nSPS) is 19.9. The number of alkyl carbamates (subject to hydrolysis) is 2. The van der Waals surface area contributed by atoms with Gasteiger partial charge in [-0.15, -0.1) is 0 Å². The fraction of sp³-hybridized carbons (Fsp3) is 0.524. The summed E-state index contributed by atoms with van der Waals surface area (Å²) in [6.45, 7) is 15.8. The standard InChI is InChI=1S/C42H52F2N8O6/c1-21(2)35(49-41(55)57-9)39(53)51-19-23(5)15-33(51)37-45-25(7)31(47-37)13-11-27-17-30(44)28(18-29(27)43)12-14-32-26(8)46-38(48-32)34-16-24(6)20-52(34)40(54)36(22(3)4)50-42(56)58-10/h17-18,21-24,33-36H,15-16,19-20H2,1-10H3,(H,45,47)(H,46,48)(H,49,55)(H,50,56)/t23-,24-,33-,34-,35-,36-/m0/s1. The van der Waals surface area contributed by atoms with Crippen molar-refractivity contribution < 1.29 is 37.4 Å². The van der Waals surface area contributed by atoms with E-state index in [0.29, 0.717) is 60.4 Å². The van der Waals surface area contributed by atoms with Gasteiger partial charge >= 0.3 is 12.2 Å². The smallest absolute Gasteiger partial charge is 0.407 e. The van der Waals surface area contributed by atoms with Crippen LogP contribution in [0.3, 0.4) is 0 Å². The number of hydrogen-bond donors (Lipinski definition) is 4. The van der Waals surface area contributed by atoms with E-state index in [1.807, 2.05) is 41.5 Å². The summed E-state index contributed by atoms with van der Waals surface area (Å²) in [5.74, 6) is 10.0. The topological polar surface area (TPSA) is 175 Å². The zero-order valence-electron chi connectivity index (χ0n) is 34.6. The van der Waals surface area contributed by atoms with Crippen LogP contribution in [-0.2, 0) is 19.1 Å². The maximum atomic E-state index is 15.4. The summed E-state index contributed by atoms with van der Waals surface area (Å²) in [4.78, 5) is 70.3. The van der Waals surface area contributed by atoms with Crippen molar-refractivity contribution in [2.24, 2.45) is 23.7 Å². The van der Waals surface area contributed by atoms with Gasteiger partial charge in [-0.05, 0) is 74.3 Å². The highest BCUT2D eigenvalue weighted by atomic mass is 19.1. The summed E-state index contributed by atoms with van der Waals surface area (Å²) >= 11 is 0. The maximum Gasteiger partial charge on any atom is 0.407 e. The number of benzene rings is 1. The van der Waals surface area contributed by atoms with E-state index in [0.717, 1.165) is 12.1 Å². The highest BCUT2D eigenvalue weighted by molar-refractivity contribution is 5.87. The molecular formula is C42H52F2N8O6. The van der Waals surface area contributed by atoms with Gasteiger partial charge in [-0.2, -0.15) is 0 Å². The number of likely N-dealkylation sites (tertiary alicyclic amines) is 2. The van der Waals surface area contributed by atoms with Crippen molar-refractivity contribution >= 4 is 24.0 Å². The summed E-state index contributed by atoms with van der Waals surface area (Å²) in [7, 11) is 2.48. The molecule has 14 nitrogen and oxygen atoms in total. The van der Waals surface area contributed by atoms with Gasteiger partial charge in [0, 0.05) is 13.1 Å². The number of nitrogens with zero attached hydrogens (tertiary/aromatic N) is 4.